The standard InChI is InChI=1S/C9H20N2O/c1-7(2)9(12)6-11(5)10-8(3)4/h7-8,10H,6H2,1-5H3. The summed E-state index contributed by atoms with van der Waals surface area (Å²) in [4.78, 5) is 11.3. The first kappa shape index (κ1) is 11.6. The number of rotatable bonds is 5. The second kappa shape index (κ2) is 5.27. The van der Waals surface area contributed by atoms with Crippen molar-refractivity contribution in [2.45, 2.75) is 33.7 Å². The molecule has 0 atom stereocenters. The zero-order valence-corrected chi connectivity index (χ0v) is 8.72. The molecule has 0 spiro atoms. The van der Waals surface area contributed by atoms with E-state index in [2.05, 4.69) is 19.3 Å². The van der Waals surface area contributed by atoms with Gasteiger partial charge in [0.2, 0.25) is 0 Å². The number of hydrogen-bond donors (Lipinski definition) is 1. The number of nitrogens with one attached hydrogen (secondary N) is 1. The van der Waals surface area contributed by atoms with Crippen LogP contribution in [0.15, 0.2) is 0 Å². The molecule has 72 valence electrons. The quantitative estimate of drug-likeness (QED) is 0.629. The molecule has 3 heteroatoms. The summed E-state index contributed by atoms with van der Waals surface area (Å²) in [5.74, 6) is 0.395. The van der Waals surface area contributed by atoms with Crippen LogP contribution in [0.1, 0.15) is 27.7 Å². The summed E-state index contributed by atoms with van der Waals surface area (Å²) in [5.41, 5.74) is 3.14. The maximum absolute atomic E-state index is 11.3. The molecular formula is C9H20N2O. The molecule has 0 aromatic rings. The molecule has 0 aromatic carbocycles. The molecule has 0 aliphatic heterocycles. The van der Waals surface area contributed by atoms with E-state index in [9.17, 15) is 4.79 Å². The number of nitrogens with zero attached hydrogens (tertiary/aromatic N) is 1. The predicted octanol–water partition coefficient (Wildman–Crippen LogP) is 1.06. The SMILES string of the molecule is CC(C)NN(C)CC(=O)C(C)C. The van der Waals surface area contributed by atoms with Gasteiger partial charge in [-0.15, -0.1) is 0 Å². The van der Waals surface area contributed by atoms with Crippen LogP contribution in [0.4, 0.5) is 0 Å². The number of carbonyl (C=O) groups is 1. The molecule has 0 aliphatic rings. The lowest BCUT2D eigenvalue weighted by Gasteiger charge is -2.20. The maximum atomic E-state index is 11.3. The largest absolute Gasteiger partial charge is 0.298 e. The van der Waals surface area contributed by atoms with E-state index < -0.39 is 0 Å². The van der Waals surface area contributed by atoms with E-state index in [1.165, 1.54) is 0 Å². The molecule has 1 N–H and O–H groups in total. The number of Topliss-reactive ketones (excluding diaryl/α,β-unsaturated/α-hetero) is 1. The van der Waals surface area contributed by atoms with Crippen molar-refractivity contribution in [2.24, 2.45) is 5.92 Å². The monoisotopic (exact) mass is 172 g/mol. The first-order valence-electron chi connectivity index (χ1n) is 4.43. The van der Waals surface area contributed by atoms with Gasteiger partial charge in [0.05, 0.1) is 6.54 Å². The van der Waals surface area contributed by atoms with Crippen LogP contribution >= 0.6 is 0 Å². The van der Waals surface area contributed by atoms with Crippen molar-refractivity contribution < 1.29 is 4.79 Å². The lowest BCUT2D eigenvalue weighted by Crippen LogP contribution is -2.43. The molecule has 0 radical (unpaired) electrons. The van der Waals surface area contributed by atoms with Crippen molar-refractivity contribution in [2.75, 3.05) is 13.6 Å². The number of carbonyl (C=O) groups excluding carboxylic acids is 1. The van der Waals surface area contributed by atoms with Gasteiger partial charge in [-0.3, -0.25) is 10.2 Å². The van der Waals surface area contributed by atoms with Crippen LogP contribution in [0.3, 0.4) is 0 Å². The van der Waals surface area contributed by atoms with E-state index in [-0.39, 0.29) is 11.7 Å². The van der Waals surface area contributed by atoms with Gasteiger partial charge in [-0.2, -0.15) is 0 Å². The van der Waals surface area contributed by atoms with Gasteiger partial charge in [0.15, 0.2) is 5.78 Å². The van der Waals surface area contributed by atoms with Gasteiger partial charge in [0, 0.05) is 19.0 Å². The lowest BCUT2D eigenvalue weighted by atomic mass is 10.1. The molecule has 0 aliphatic carbocycles. The van der Waals surface area contributed by atoms with Crippen molar-refractivity contribution in [3.05, 3.63) is 0 Å². The molecule has 0 bridgehead atoms. The molecule has 0 heterocycles. The third-order valence-electron chi connectivity index (χ3n) is 1.52. The van der Waals surface area contributed by atoms with Crippen molar-refractivity contribution >= 4 is 5.78 Å². The average Bonchev–Trinajstić information content (AvgIpc) is 1.84. The Kier molecular flexibility index (Phi) is 5.09. The Hall–Kier alpha value is -0.410. The Bertz CT molecular complexity index is 143. The smallest absolute Gasteiger partial charge is 0.150 e. The molecule has 0 fully saturated rings. The minimum atomic E-state index is 0.126. The Morgan fingerprint density at radius 3 is 2.17 bits per heavy atom. The van der Waals surface area contributed by atoms with Gasteiger partial charge in [-0.05, 0) is 13.8 Å². The van der Waals surface area contributed by atoms with Crippen molar-refractivity contribution in [3.63, 3.8) is 0 Å². The summed E-state index contributed by atoms with van der Waals surface area (Å²) in [6.07, 6.45) is 0. The Morgan fingerprint density at radius 2 is 1.83 bits per heavy atom. The normalized spacial score (nSPS) is 11.7. The first-order valence-corrected chi connectivity index (χ1v) is 4.43. The van der Waals surface area contributed by atoms with Gasteiger partial charge in [-0.25, -0.2) is 5.01 Å². The second-order valence-electron chi connectivity index (χ2n) is 3.76. The van der Waals surface area contributed by atoms with E-state index in [4.69, 9.17) is 0 Å². The second-order valence-corrected chi connectivity index (χ2v) is 3.76. The molecular weight excluding hydrogens is 152 g/mol. The van der Waals surface area contributed by atoms with Crippen LogP contribution in [0.25, 0.3) is 0 Å². The first-order chi connectivity index (χ1) is 5.43. The third-order valence-corrected chi connectivity index (χ3v) is 1.52. The van der Waals surface area contributed by atoms with Crippen LogP contribution in [0.2, 0.25) is 0 Å². The van der Waals surface area contributed by atoms with Crippen LogP contribution in [-0.2, 0) is 4.79 Å². The fourth-order valence-electron chi connectivity index (χ4n) is 0.903. The minimum Gasteiger partial charge on any atom is -0.298 e. The summed E-state index contributed by atoms with van der Waals surface area (Å²) < 4.78 is 0. The van der Waals surface area contributed by atoms with Gasteiger partial charge in [0.1, 0.15) is 0 Å². The molecule has 3 nitrogen and oxygen atoms in total. The van der Waals surface area contributed by atoms with E-state index in [1.807, 2.05) is 25.9 Å². The van der Waals surface area contributed by atoms with Gasteiger partial charge in [-0.1, -0.05) is 13.8 Å². The van der Waals surface area contributed by atoms with Crippen LogP contribution in [-0.4, -0.2) is 30.4 Å². The van der Waals surface area contributed by atoms with Gasteiger partial charge < -0.3 is 0 Å². The molecule has 12 heavy (non-hydrogen) atoms. The van der Waals surface area contributed by atoms with E-state index in [0.717, 1.165) is 0 Å². The number of likely N-dealkylation sites (N-methyl/N-ethyl adjacent to an activating group) is 1. The number of ketones is 1. The third kappa shape index (κ3) is 5.27. The Labute approximate surface area is 75.1 Å². The lowest BCUT2D eigenvalue weighted by molar-refractivity contribution is -0.123. The van der Waals surface area contributed by atoms with Crippen LogP contribution in [0, 0.1) is 5.92 Å². The highest BCUT2D eigenvalue weighted by Gasteiger charge is 2.10. The fourth-order valence-corrected chi connectivity index (χ4v) is 0.903. The predicted molar refractivity (Wildman–Crippen MR) is 50.7 cm³/mol. The molecule has 0 amide bonds. The highest BCUT2D eigenvalue weighted by molar-refractivity contribution is 5.82. The summed E-state index contributed by atoms with van der Waals surface area (Å²) in [6.45, 7) is 8.43. The maximum Gasteiger partial charge on any atom is 0.150 e. The number of hydrogen-bond acceptors (Lipinski definition) is 3. The zero-order chi connectivity index (χ0) is 9.72. The number of hydrazine groups is 1. The minimum absolute atomic E-state index is 0.126. The van der Waals surface area contributed by atoms with Crippen LogP contribution < -0.4 is 5.43 Å². The van der Waals surface area contributed by atoms with E-state index in [0.29, 0.717) is 12.6 Å². The summed E-state index contributed by atoms with van der Waals surface area (Å²) in [5, 5.41) is 1.84. The molecule has 0 saturated heterocycles. The van der Waals surface area contributed by atoms with Crippen LogP contribution in [0.5, 0.6) is 0 Å². The molecule has 0 aromatic heterocycles. The fraction of sp³-hybridized carbons (Fsp3) is 0.889. The van der Waals surface area contributed by atoms with Crippen molar-refractivity contribution in [1.82, 2.24) is 10.4 Å². The summed E-state index contributed by atoms with van der Waals surface area (Å²) in [6, 6.07) is 0.384. The zero-order valence-electron chi connectivity index (χ0n) is 8.72. The highest BCUT2D eigenvalue weighted by atomic mass is 16.1. The van der Waals surface area contributed by atoms with Crippen molar-refractivity contribution in [3.8, 4) is 0 Å². The van der Waals surface area contributed by atoms with Crippen molar-refractivity contribution in [1.29, 1.82) is 0 Å². The Morgan fingerprint density at radius 1 is 1.33 bits per heavy atom. The average molecular weight is 172 g/mol. The van der Waals surface area contributed by atoms with Gasteiger partial charge in [0.25, 0.3) is 0 Å². The van der Waals surface area contributed by atoms with Gasteiger partial charge >= 0.3 is 0 Å². The van der Waals surface area contributed by atoms with E-state index >= 15 is 0 Å². The molecule has 0 saturated carbocycles. The summed E-state index contributed by atoms with van der Waals surface area (Å²) in [7, 11) is 1.89. The van der Waals surface area contributed by atoms with E-state index in [1.54, 1.807) is 0 Å². The summed E-state index contributed by atoms with van der Waals surface area (Å²) >= 11 is 0. The molecule has 0 rings (SSSR count). The Balaban J connectivity index is 3.69. The topological polar surface area (TPSA) is 32.3 Å². The molecule has 0 unspecified atom stereocenters. The highest BCUT2D eigenvalue weighted by Crippen LogP contribution is 1.95.